The Hall–Kier alpha value is -2.25. The molecule has 0 aliphatic rings. The first kappa shape index (κ1) is 22.0. The van der Waals surface area contributed by atoms with E-state index in [0.29, 0.717) is 0 Å². The van der Waals surface area contributed by atoms with Gasteiger partial charge in [-0.3, -0.25) is 0 Å². The van der Waals surface area contributed by atoms with Crippen LogP contribution in [0.1, 0.15) is 0 Å². The van der Waals surface area contributed by atoms with E-state index >= 15 is 0 Å². The fourth-order valence-electron chi connectivity index (χ4n) is 2.13. The van der Waals surface area contributed by atoms with Crippen molar-refractivity contribution in [3.05, 3.63) is 78.9 Å². The van der Waals surface area contributed by atoms with Crippen LogP contribution < -0.4 is 0 Å². The Morgan fingerprint density at radius 1 is 0.500 bits per heavy atom. The van der Waals surface area contributed by atoms with Gasteiger partial charge in [0.05, 0.1) is 10.9 Å². The molecule has 0 saturated carbocycles. The van der Waals surface area contributed by atoms with E-state index < -0.39 is 14.2 Å². The number of hydrogen-bond donors (Lipinski definition) is 2. The zero-order chi connectivity index (χ0) is 21.1. The van der Waals surface area contributed by atoms with Gasteiger partial charge in [-0.1, -0.05) is 18.2 Å². The number of phenolic OH excluding ortho intramolecular Hbond substituents is 2. The van der Waals surface area contributed by atoms with E-state index in [1.807, 2.05) is 42.5 Å². The summed E-state index contributed by atoms with van der Waals surface area (Å²) in [6.45, 7) is 0. The second kappa shape index (κ2) is 7.29. The van der Waals surface area contributed by atoms with Gasteiger partial charge in [0.25, 0.3) is 0 Å². The fraction of sp³-hybridized carbons (Fsp3) is 0. The van der Waals surface area contributed by atoms with Gasteiger partial charge in [-0.05, 0) is 60.7 Å². The molecule has 0 aliphatic carbocycles. The van der Waals surface area contributed by atoms with Crippen molar-refractivity contribution in [3.63, 3.8) is 0 Å². The normalized spacial score (nSPS) is 13.8. The number of halogens is 6. The molecule has 0 spiro atoms. The van der Waals surface area contributed by atoms with E-state index in [0.717, 1.165) is 9.79 Å². The van der Waals surface area contributed by atoms with Crippen LogP contribution in [-0.2, 0) is 10.9 Å². The van der Waals surface area contributed by atoms with Gasteiger partial charge >= 0.3 is 35.0 Å². The second-order valence-electron chi connectivity index (χ2n) is 5.57. The first-order valence-electron chi connectivity index (χ1n) is 7.63. The number of rotatable bonds is 3. The minimum absolute atomic E-state index is 0.253. The number of hydrogen-bond acceptors (Lipinski definition) is 2. The van der Waals surface area contributed by atoms with Crippen molar-refractivity contribution in [2.24, 2.45) is 0 Å². The first-order chi connectivity index (χ1) is 12.7. The van der Waals surface area contributed by atoms with Crippen molar-refractivity contribution in [2.45, 2.75) is 14.7 Å². The summed E-state index contributed by atoms with van der Waals surface area (Å²) in [5.74, 6) is 0.530. The standard InChI is InChI=1S/C18H14O2S.AsF6/c19-14-6-10-17(11-7-14)21(16-4-2-1-3-5-16)18-12-8-15(20)9-13-18;2-1(3,4,5,6)7/h1-13H,(H-,19,20);/q;-1/p+1. The monoisotopic (exact) mass is 484 g/mol. The smallest absolute Gasteiger partial charge is 0.166 e. The van der Waals surface area contributed by atoms with Crippen molar-refractivity contribution in [1.82, 2.24) is 0 Å². The van der Waals surface area contributed by atoms with Crippen molar-refractivity contribution >= 4 is 25.1 Å². The molecule has 2 nitrogen and oxygen atoms in total. The Morgan fingerprint density at radius 3 is 1.11 bits per heavy atom. The molecule has 3 aromatic rings. The molecule has 0 saturated heterocycles. The Labute approximate surface area is 161 Å². The van der Waals surface area contributed by atoms with Gasteiger partial charge in [0.15, 0.2) is 14.7 Å². The van der Waals surface area contributed by atoms with E-state index in [-0.39, 0.29) is 22.4 Å². The third-order valence-electron chi connectivity index (χ3n) is 3.12. The minimum atomic E-state index is -11.1. The molecule has 152 valence electrons. The van der Waals surface area contributed by atoms with Crippen molar-refractivity contribution in [2.75, 3.05) is 0 Å². The molecular weight excluding hydrogens is 469 g/mol. The fourth-order valence-corrected chi connectivity index (χ4v) is 4.19. The minimum Gasteiger partial charge on any atom is -0.508 e. The van der Waals surface area contributed by atoms with E-state index in [1.54, 1.807) is 24.3 Å². The maximum atomic E-state index is 9.91. The molecule has 2 N–H and O–H groups in total. The summed E-state index contributed by atoms with van der Waals surface area (Å²) in [5.41, 5.74) is 0. The predicted molar refractivity (Wildman–Crippen MR) is 97.2 cm³/mol. The molecule has 3 aromatic carbocycles. The predicted octanol–water partition coefficient (Wildman–Crippen LogP) is 6.33. The zero-order valence-electron chi connectivity index (χ0n) is 14.0. The van der Waals surface area contributed by atoms with E-state index in [2.05, 4.69) is 12.1 Å². The SMILES string of the molecule is F[As-](F)(F)(F)(F)F.Oc1ccc([S+](c2ccccc2)c2ccc(O)cc2)cc1. The Morgan fingerprint density at radius 2 is 0.786 bits per heavy atom. The number of aromatic hydroxyl groups is 2. The summed E-state index contributed by atoms with van der Waals surface area (Å²) >= 11 is -11.1. The maximum absolute atomic E-state index is 11.1. The van der Waals surface area contributed by atoms with Crippen molar-refractivity contribution < 1.29 is 31.0 Å². The summed E-state index contributed by atoms with van der Waals surface area (Å²) in [6.07, 6.45) is 0. The third-order valence-corrected chi connectivity index (χ3v) is 5.35. The summed E-state index contributed by atoms with van der Waals surface area (Å²) < 4.78 is 59.4. The molecule has 0 aliphatic heterocycles. The van der Waals surface area contributed by atoms with Crippen LogP contribution in [0, 0.1) is 0 Å². The molecule has 0 fully saturated rings. The Balaban J connectivity index is 0.000000345. The maximum Gasteiger partial charge on any atom is 0.166 e. The topological polar surface area (TPSA) is 40.5 Å². The van der Waals surface area contributed by atoms with Gasteiger partial charge in [-0.2, -0.15) is 0 Å². The van der Waals surface area contributed by atoms with Crippen LogP contribution in [0.4, 0.5) is 20.8 Å². The van der Waals surface area contributed by atoms with E-state index in [9.17, 15) is 31.0 Å². The molecule has 0 radical (unpaired) electrons. The molecule has 0 bridgehead atoms. The summed E-state index contributed by atoms with van der Waals surface area (Å²) in [5, 5.41) is 19.0. The average Bonchev–Trinajstić information content (AvgIpc) is 2.57. The van der Waals surface area contributed by atoms with Crippen LogP contribution in [-0.4, -0.2) is 24.4 Å². The van der Waals surface area contributed by atoms with Gasteiger partial charge < -0.3 is 10.2 Å². The largest absolute Gasteiger partial charge is 0.508 e. The van der Waals surface area contributed by atoms with Gasteiger partial charge in [0.1, 0.15) is 11.5 Å². The molecule has 28 heavy (non-hydrogen) atoms. The molecule has 0 heterocycles. The van der Waals surface area contributed by atoms with Crippen LogP contribution in [0.3, 0.4) is 0 Å². The molecule has 10 heteroatoms. The van der Waals surface area contributed by atoms with Crippen molar-refractivity contribution in [1.29, 1.82) is 0 Å². The van der Waals surface area contributed by atoms with Crippen LogP contribution in [0.5, 0.6) is 11.5 Å². The van der Waals surface area contributed by atoms with E-state index in [4.69, 9.17) is 0 Å². The Kier molecular flexibility index (Phi) is 5.74. The van der Waals surface area contributed by atoms with Gasteiger partial charge in [-0.25, -0.2) is 0 Å². The van der Waals surface area contributed by atoms with E-state index in [1.165, 1.54) is 4.90 Å². The number of benzene rings is 3. The molecule has 0 unspecified atom stereocenters. The van der Waals surface area contributed by atoms with Crippen molar-refractivity contribution in [3.8, 4) is 11.5 Å². The van der Waals surface area contributed by atoms with Crippen LogP contribution in [0.2, 0.25) is 0 Å². The van der Waals surface area contributed by atoms with Crippen LogP contribution in [0.15, 0.2) is 93.5 Å². The molecule has 0 aromatic heterocycles. The molecule has 0 amide bonds. The number of phenols is 2. The molecular formula is C18H15AsF6O2S. The first-order valence-corrected chi connectivity index (χ1v) is 13.1. The summed E-state index contributed by atoms with van der Waals surface area (Å²) in [4.78, 5) is 3.46. The third kappa shape index (κ3) is 8.62. The summed E-state index contributed by atoms with van der Waals surface area (Å²) in [7, 11) is -0.253. The van der Waals surface area contributed by atoms with Crippen LogP contribution in [0.25, 0.3) is 0 Å². The second-order valence-corrected chi connectivity index (χ2v) is 11.6. The quantitative estimate of drug-likeness (QED) is 0.259. The van der Waals surface area contributed by atoms with Gasteiger partial charge in [0, 0.05) is 0 Å². The van der Waals surface area contributed by atoms with Gasteiger partial charge in [0.2, 0.25) is 0 Å². The molecule has 0 atom stereocenters. The zero-order valence-corrected chi connectivity index (χ0v) is 16.7. The average molecular weight is 484 g/mol. The Bertz CT molecular complexity index is 858. The molecule has 3 rings (SSSR count). The van der Waals surface area contributed by atoms with Crippen LogP contribution >= 0.6 is 0 Å². The van der Waals surface area contributed by atoms with Gasteiger partial charge in [-0.15, -0.1) is 0 Å². The summed E-state index contributed by atoms with van der Waals surface area (Å²) in [6, 6.07) is 24.8.